The Balaban J connectivity index is 2.58. The van der Waals surface area contributed by atoms with Crippen LogP contribution in [0.3, 0.4) is 0 Å². The Kier molecular flexibility index (Phi) is 1.51. The number of alkyl halides is 2. The van der Waals surface area contributed by atoms with Crippen molar-refractivity contribution in [1.82, 2.24) is 0 Å². The van der Waals surface area contributed by atoms with Crippen molar-refractivity contribution in [2.45, 2.75) is 38.2 Å². The summed E-state index contributed by atoms with van der Waals surface area (Å²) in [6.45, 7) is 3.66. The van der Waals surface area contributed by atoms with Crippen molar-refractivity contribution >= 4 is 0 Å². The fraction of sp³-hybridized carbons (Fsp3) is 1.00. The molecule has 0 aliphatic heterocycles. The van der Waals surface area contributed by atoms with Gasteiger partial charge in [-0.2, -0.15) is 0 Å². The van der Waals surface area contributed by atoms with Crippen LogP contribution in [0.2, 0.25) is 0 Å². The zero-order valence-corrected chi connectivity index (χ0v) is 6.32. The van der Waals surface area contributed by atoms with E-state index in [1.165, 1.54) is 0 Å². The van der Waals surface area contributed by atoms with Crippen LogP contribution in [0.1, 0.15) is 26.7 Å². The molecule has 0 aromatic rings. The van der Waals surface area contributed by atoms with E-state index >= 15 is 0 Å². The predicted octanol–water partition coefficient (Wildman–Crippen LogP) is 1.77. The third-order valence-electron chi connectivity index (χ3n) is 2.56. The Labute approximate surface area is 59.6 Å². The second-order valence-electron chi connectivity index (χ2n) is 3.23. The largest absolute Gasteiger partial charge is 0.320 e. The van der Waals surface area contributed by atoms with Crippen LogP contribution in [0, 0.1) is 5.92 Å². The Bertz CT molecular complexity index is 147. The maximum absolute atomic E-state index is 12.5. The molecule has 60 valence electrons. The lowest BCUT2D eigenvalue weighted by Crippen LogP contribution is -2.36. The van der Waals surface area contributed by atoms with Gasteiger partial charge < -0.3 is 5.73 Å². The van der Waals surface area contributed by atoms with E-state index in [-0.39, 0.29) is 12.3 Å². The van der Waals surface area contributed by atoms with E-state index < -0.39 is 11.5 Å². The zero-order chi connectivity index (χ0) is 7.99. The highest BCUT2D eigenvalue weighted by Gasteiger charge is 2.70. The van der Waals surface area contributed by atoms with Crippen LogP contribution in [-0.4, -0.2) is 11.5 Å². The second kappa shape index (κ2) is 1.91. The van der Waals surface area contributed by atoms with Gasteiger partial charge in [0.1, 0.15) is 0 Å². The monoisotopic (exact) mass is 149 g/mol. The van der Waals surface area contributed by atoms with Crippen LogP contribution in [-0.2, 0) is 0 Å². The molecule has 0 aromatic carbocycles. The summed E-state index contributed by atoms with van der Waals surface area (Å²) in [7, 11) is 0. The molecule has 0 aromatic heterocycles. The fourth-order valence-electron chi connectivity index (χ4n) is 1.22. The number of nitrogens with two attached hydrogens (primary N) is 1. The van der Waals surface area contributed by atoms with Gasteiger partial charge in [0.2, 0.25) is 0 Å². The molecule has 0 spiro atoms. The first-order valence-corrected chi connectivity index (χ1v) is 3.61. The van der Waals surface area contributed by atoms with Gasteiger partial charge in [0.15, 0.2) is 0 Å². The summed E-state index contributed by atoms with van der Waals surface area (Å²) < 4.78 is 25.0. The van der Waals surface area contributed by atoms with E-state index in [0.717, 1.165) is 6.42 Å². The Morgan fingerprint density at radius 2 is 2.00 bits per heavy atom. The van der Waals surface area contributed by atoms with Crippen molar-refractivity contribution in [2.75, 3.05) is 0 Å². The second-order valence-corrected chi connectivity index (χ2v) is 3.23. The quantitative estimate of drug-likeness (QED) is 0.636. The molecular weight excluding hydrogens is 136 g/mol. The molecule has 0 amide bonds. The third kappa shape index (κ3) is 0.839. The van der Waals surface area contributed by atoms with Crippen molar-refractivity contribution in [3.8, 4) is 0 Å². The van der Waals surface area contributed by atoms with Crippen LogP contribution in [0.4, 0.5) is 8.78 Å². The molecular formula is C7H13F2N. The molecule has 1 aliphatic carbocycles. The lowest BCUT2D eigenvalue weighted by Gasteiger charge is -2.16. The van der Waals surface area contributed by atoms with E-state index in [0.29, 0.717) is 0 Å². The van der Waals surface area contributed by atoms with Gasteiger partial charge in [-0.1, -0.05) is 20.3 Å². The molecule has 1 rings (SSSR count). The van der Waals surface area contributed by atoms with E-state index in [9.17, 15) is 8.78 Å². The molecule has 2 N–H and O–H groups in total. The maximum atomic E-state index is 12.5. The van der Waals surface area contributed by atoms with Crippen molar-refractivity contribution in [3.05, 3.63) is 0 Å². The zero-order valence-electron chi connectivity index (χ0n) is 6.32. The Hall–Kier alpha value is -0.180. The summed E-state index contributed by atoms with van der Waals surface area (Å²) in [5.41, 5.74) is 4.25. The lowest BCUT2D eigenvalue weighted by molar-refractivity contribution is 0.0742. The lowest BCUT2D eigenvalue weighted by atomic mass is 9.97. The van der Waals surface area contributed by atoms with E-state index in [2.05, 4.69) is 0 Å². The minimum atomic E-state index is -2.59. The van der Waals surface area contributed by atoms with Gasteiger partial charge in [0.25, 0.3) is 5.92 Å². The molecule has 0 radical (unpaired) electrons. The average Bonchev–Trinajstić information content (AvgIpc) is 2.32. The van der Waals surface area contributed by atoms with Crippen LogP contribution in [0.5, 0.6) is 0 Å². The molecule has 0 bridgehead atoms. The van der Waals surface area contributed by atoms with Gasteiger partial charge in [-0.25, -0.2) is 8.78 Å². The van der Waals surface area contributed by atoms with Crippen molar-refractivity contribution in [1.29, 1.82) is 0 Å². The Morgan fingerprint density at radius 3 is 2.10 bits per heavy atom. The highest BCUT2D eigenvalue weighted by atomic mass is 19.3. The van der Waals surface area contributed by atoms with Crippen LogP contribution in [0.25, 0.3) is 0 Å². The number of rotatable bonds is 2. The highest BCUT2D eigenvalue weighted by Crippen LogP contribution is 2.55. The van der Waals surface area contributed by atoms with Gasteiger partial charge in [0, 0.05) is 6.42 Å². The molecule has 0 heterocycles. The summed E-state index contributed by atoms with van der Waals surface area (Å²) in [6, 6.07) is 0. The van der Waals surface area contributed by atoms with Crippen LogP contribution in [0.15, 0.2) is 0 Å². The molecule has 3 heteroatoms. The number of halogens is 2. The number of hydrogen-bond acceptors (Lipinski definition) is 1. The summed E-state index contributed by atoms with van der Waals surface area (Å²) >= 11 is 0. The van der Waals surface area contributed by atoms with E-state index in [4.69, 9.17) is 5.73 Å². The first-order chi connectivity index (χ1) is 4.44. The van der Waals surface area contributed by atoms with E-state index in [1.807, 2.05) is 6.92 Å². The van der Waals surface area contributed by atoms with Gasteiger partial charge in [-0.3, -0.25) is 0 Å². The average molecular weight is 149 g/mol. The first-order valence-electron chi connectivity index (χ1n) is 3.61. The maximum Gasteiger partial charge on any atom is 0.268 e. The first kappa shape index (κ1) is 7.92. The van der Waals surface area contributed by atoms with Gasteiger partial charge in [0.05, 0.1) is 5.54 Å². The number of hydrogen-bond donors (Lipinski definition) is 1. The van der Waals surface area contributed by atoms with Gasteiger partial charge >= 0.3 is 0 Å². The molecule has 1 fully saturated rings. The normalized spacial score (nSPS) is 39.3. The fourth-order valence-corrected chi connectivity index (χ4v) is 1.22. The molecule has 1 nitrogen and oxygen atoms in total. The smallest absolute Gasteiger partial charge is 0.268 e. The van der Waals surface area contributed by atoms with Crippen LogP contribution < -0.4 is 5.73 Å². The summed E-state index contributed by atoms with van der Waals surface area (Å²) in [4.78, 5) is 0. The third-order valence-corrected chi connectivity index (χ3v) is 2.56. The van der Waals surface area contributed by atoms with Gasteiger partial charge in [-0.15, -0.1) is 0 Å². The predicted molar refractivity (Wildman–Crippen MR) is 35.9 cm³/mol. The van der Waals surface area contributed by atoms with E-state index in [1.54, 1.807) is 6.92 Å². The van der Waals surface area contributed by atoms with Crippen molar-refractivity contribution in [2.24, 2.45) is 11.7 Å². The SMILES string of the molecule is CCC(C)C1(N)CC1(F)F. The highest BCUT2D eigenvalue weighted by molar-refractivity contribution is 5.17. The van der Waals surface area contributed by atoms with Crippen molar-refractivity contribution in [3.63, 3.8) is 0 Å². The summed E-state index contributed by atoms with van der Waals surface area (Å²) in [5, 5.41) is 0. The molecule has 2 atom stereocenters. The van der Waals surface area contributed by atoms with Gasteiger partial charge in [-0.05, 0) is 5.92 Å². The molecule has 1 aliphatic rings. The molecule has 1 saturated carbocycles. The molecule has 0 saturated heterocycles. The van der Waals surface area contributed by atoms with Crippen LogP contribution >= 0.6 is 0 Å². The van der Waals surface area contributed by atoms with Crippen molar-refractivity contribution < 1.29 is 8.78 Å². The topological polar surface area (TPSA) is 26.0 Å². The minimum absolute atomic E-state index is 0.0671. The standard InChI is InChI=1S/C7H13F2N/c1-3-5(2)6(10)4-7(6,8)9/h5H,3-4,10H2,1-2H3. The summed E-state index contributed by atoms with van der Waals surface area (Å²) in [6.07, 6.45) is 0.598. The Morgan fingerprint density at radius 1 is 1.60 bits per heavy atom. The molecule has 10 heavy (non-hydrogen) atoms. The summed E-state index contributed by atoms with van der Waals surface area (Å²) in [5.74, 6) is -2.66. The minimum Gasteiger partial charge on any atom is -0.320 e. The molecule has 2 unspecified atom stereocenters.